The van der Waals surface area contributed by atoms with Gasteiger partial charge >= 0.3 is 0 Å². The Hall–Kier alpha value is -2.04. The lowest BCUT2D eigenvalue weighted by Gasteiger charge is -2.44. The maximum Gasteiger partial charge on any atom is 0.269 e. The molecule has 1 aromatic rings. The summed E-state index contributed by atoms with van der Waals surface area (Å²) in [5, 5.41) is 20.2. The number of nitro benzene ring substituents is 1. The molecule has 1 saturated heterocycles. The largest absolute Gasteiger partial charge is 0.477 e. The summed E-state index contributed by atoms with van der Waals surface area (Å²) in [6.07, 6.45) is -0.680. The summed E-state index contributed by atoms with van der Waals surface area (Å²) in [7, 11) is 0. The lowest BCUT2D eigenvalue weighted by molar-refractivity contribution is -0.384. The van der Waals surface area contributed by atoms with Crippen molar-refractivity contribution in [1.82, 2.24) is 4.90 Å². The lowest BCUT2D eigenvalue weighted by Crippen LogP contribution is -2.60. The van der Waals surface area contributed by atoms with Gasteiger partial charge in [0.25, 0.3) is 5.69 Å². The molecule has 2 aliphatic rings. The van der Waals surface area contributed by atoms with Crippen LogP contribution in [-0.4, -0.2) is 44.0 Å². The van der Waals surface area contributed by atoms with E-state index in [9.17, 15) is 24.4 Å². The number of fused-ring (bicyclic) bond motifs is 1. The van der Waals surface area contributed by atoms with Crippen molar-refractivity contribution in [2.24, 2.45) is 5.92 Å². The van der Waals surface area contributed by atoms with E-state index < -0.39 is 23.6 Å². The van der Waals surface area contributed by atoms with E-state index in [1.807, 2.05) is 0 Å². The molecular weight excluding hydrogens is 395 g/mol. The molecule has 0 spiro atoms. The highest BCUT2D eigenvalue weighted by Gasteiger charge is 2.56. The first kappa shape index (κ1) is 19.7. The molecule has 1 aromatic carbocycles. The first-order valence-corrected chi connectivity index (χ1v) is 9.51. The Morgan fingerprint density at radius 1 is 1.48 bits per heavy atom. The number of aliphatic hydroxyl groups excluding tert-OH is 1. The Balaban J connectivity index is 1.71. The fraction of sp³-hybridized carbons (Fsp3) is 0.412. The number of allylic oxidation sites excluding steroid dienone is 1. The summed E-state index contributed by atoms with van der Waals surface area (Å²) >= 11 is 6.64. The number of thioether (sulfide) groups is 1. The number of rotatable bonds is 7. The van der Waals surface area contributed by atoms with Crippen molar-refractivity contribution in [2.45, 2.75) is 31.4 Å². The number of ether oxygens (including phenoxy) is 1. The highest BCUT2D eigenvalue weighted by atomic mass is 32.2. The van der Waals surface area contributed by atoms with E-state index in [-0.39, 0.29) is 35.0 Å². The average Bonchev–Trinajstić information content (AvgIpc) is 2.94. The standard InChI is InChI=1S/C17H17FN2O5S2/c1-9(21)13-15(22)19-14(12(6-7-18)27-16(13)19)17(26)25-8-10-2-4-11(5-3-10)20(23)24/h2-5,9,13,16,21H,6-8H2,1H3/t9-,13+,16+/m0/s1. The van der Waals surface area contributed by atoms with Crippen LogP contribution in [0.4, 0.5) is 10.1 Å². The van der Waals surface area contributed by atoms with Gasteiger partial charge in [0.1, 0.15) is 17.7 Å². The molecule has 0 aromatic heterocycles. The molecule has 27 heavy (non-hydrogen) atoms. The van der Waals surface area contributed by atoms with E-state index in [1.165, 1.54) is 28.8 Å². The quantitative estimate of drug-likeness (QED) is 0.319. The van der Waals surface area contributed by atoms with Crippen molar-refractivity contribution in [2.75, 3.05) is 6.67 Å². The number of non-ortho nitro benzene ring substituents is 1. The van der Waals surface area contributed by atoms with Crippen LogP contribution in [0.1, 0.15) is 18.9 Å². The fourth-order valence-electron chi connectivity index (χ4n) is 3.04. The van der Waals surface area contributed by atoms with Crippen molar-refractivity contribution in [1.29, 1.82) is 0 Å². The summed E-state index contributed by atoms with van der Waals surface area (Å²) in [4.78, 5) is 24.7. The van der Waals surface area contributed by atoms with Crippen molar-refractivity contribution in [3.05, 3.63) is 50.5 Å². The second kappa shape index (κ2) is 7.91. The highest BCUT2D eigenvalue weighted by molar-refractivity contribution is 8.04. The number of nitrogens with zero attached hydrogens (tertiary/aromatic N) is 2. The molecule has 1 fully saturated rings. The van der Waals surface area contributed by atoms with Gasteiger partial charge in [-0.25, -0.2) is 0 Å². The zero-order valence-corrected chi connectivity index (χ0v) is 16.0. The smallest absolute Gasteiger partial charge is 0.269 e. The van der Waals surface area contributed by atoms with E-state index in [4.69, 9.17) is 17.0 Å². The lowest BCUT2D eigenvalue weighted by atomic mass is 9.92. The number of β-lactam (4-membered cyclic amide) rings is 1. The van der Waals surface area contributed by atoms with Crippen LogP contribution in [0, 0.1) is 16.0 Å². The third-order valence-corrected chi connectivity index (χ3v) is 6.14. The molecule has 10 heteroatoms. The Morgan fingerprint density at radius 3 is 2.70 bits per heavy atom. The van der Waals surface area contributed by atoms with Crippen LogP contribution in [-0.2, 0) is 16.1 Å². The minimum absolute atomic E-state index is 0.0281. The van der Waals surface area contributed by atoms with E-state index >= 15 is 0 Å². The minimum atomic E-state index is -0.799. The van der Waals surface area contributed by atoms with Crippen LogP contribution in [0.15, 0.2) is 34.9 Å². The topological polar surface area (TPSA) is 92.9 Å². The maximum atomic E-state index is 12.9. The molecule has 0 aliphatic carbocycles. The van der Waals surface area contributed by atoms with Gasteiger partial charge < -0.3 is 9.84 Å². The van der Waals surface area contributed by atoms with Gasteiger partial charge in [-0.15, -0.1) is 11.8 Å². The summed E-state index contributed by atoms with van der Waals surface area (Å²) in [5.74, 6) is -0.799. The average molecular weight is 412 g/mol. The number of nitro groups is 1. The molecule has 7 nitrogen and oxygen atoms in total. The van der Waals surface area contributed by atoms with Crippen LogP contribution in [0.5, 0.6) is 0 Å². The number of amides is 1. The Bertz CT molecular complexity index is 812. The number of benzene rings is 1. The molecule has 3 atom stereocenters. The van der Waals surface area contributed by atoms with Gasteiger partial charge in [0.05, 0.1) is 23.6 Å². The number of hydrogen-bond acceptors (Lipinski definition) is 7. The number of aliphatic hydroxyl groups is 1. The zero-order valence-electron chi connectivity index (χ0n) is 14.3. The maximum absolute atomic E-state index is 12.9. The second-order valence-corrected chi connectivity index (χ2v) is 7.78. The van der Waals surface area contributed by atoms with Crippen LogP contribution in [0.3, 0.4) is 0 Å². The molecule has 3 rings (SSSR count). The van der Waals surface area contributed by atoms with Crippen LogP contribution in [0.2, 0.25) is 0 Å². The van der Waals surface area contributed by atoms with Crippen molar-refractivity contribution in [3.63, 3.8) is 0 Å². The first-order valence-electron chi connectivity index (χ1n) is 8.22. The fourth-order valence-corrected chi connectivity index (χ4v) is 4.98. The van der Waals surface area contributed by atoms with Gasteiger partial charge in [0.15, 0.2) is 0 Å². The van der Waals surface area contributed by atoms with Crippen molar-refractivity contribution >= 4 is 40.6 Å². The highest BCUT2D eigenvalue weighted by Crippen LogP contribution is 2.51. The Morgan fingerprint density at radius 2 is 2.15 bits per heavy atom. The number of carbonyl (C=O) groups excluding carboxylic acids is 1. The van der Waals surface area contributed by atoms with E-state index in [1.54, 1.807) is 19.1 Å². The predicted molar refractivity (Wildman–Crippen MR) is 101 cm³/mol. The molecule has 0 radical (unpaired) electrons. The normalized spacial score (nSPS) is 22.3. The molecule has 1 N–H and O–H groups in total. The zero-order chi connectivity index (χ0) is 19.7. The first-order chi connectivity index (χ1) is 12.8. The number of thiocarbonyl (C=S) groups is 1. The van der Waals surface area contributed by atoms with Gasteiger partial charge in [-0.2, -0.15) is 0 Å². The minimum Gasteiger partial charge on any atom is -0.477 e. The molecular formula is C17H17FN2O5S2. The van der Waals surface area contributed by atoms with Crippen LogP contribution >= 0.6 is 24.0 Å². The molecule has 2 aliphatic heterocycles. The number of halogens is 1. The van der Waals surface area contributed by atoms with E-state index in [2.05, 4.69) is 0 Å². The molecule has 0 saturated carbocycles. The van der Waals surface area contributed by atoms with Gasteiger partial charge in [0.2, 0.25) is 11.0 Å². The summed E-state index contributed by atoms with van der Waals surface area (Å²) in [6.45, 7) is 1.03. The molecule has 1 amide bonds. The van der Waals surface area contributed by atoms with Crippen molar-refractivity contribution in [3.8, 4) is 0 Å². The Labute approximate surface area is 164 Å². The van der Waals surface area contributed by atoms with E-state index in [0.717, 1.165) is 0 Å². The van der Waals surface area contributed by atoms with Crippen LogP contribution < -0.4 is 0 Å². The van der Waals surface area contributed by atoms with Crippen molar-refractivity contribution < 1.29 is 24.0 Å². The summed E-state index contributed by atoms with van der Waals surface area (Å²) in [6, 6.07) is 5.84. The summed E-state index contributed by atoms with van der Waals surface area (Å²) < 4.78 is 18.5. The third kappa shape index (κ3) is 3.69. The predicted octanol–water partition coefficient (Wildman–Crippen LogP) is 2.92. The molecule has 144 valence electrons. The summed E-state index contributed by atoms with van der Waals surface area (Å²) in [5.41, 5.74) is 1.04. The monoisotopic (exact) mass is 412 g/mol. The molecule has 0 unspecified atom stereocenters. The van der Waals surface area contributed by atoms with E-state index in [0.29, 0.717) is 16.2 Å². The van der Waals surface area contributed by atoms with Gasteiger partial charge in [-0.3, -0.25) is 24.2 Å². The van der Waals surface area contributed by atoms with Gasteiger partial charge in [-0.05, 0) is 36.8 Å². The Kier molecular flexibility index (Phi) is 5.78. The molecule has 0 bridgehead atoms. The second-order valence-electron chi connectivity index (χ2n) is 6.19. The third-order valence-electron chi connectivity index (χ3n) is 4.40. The number of carbonyl (C=O) groups is 1. The van der Waals surface area contributed by atoms with Crippen LogP contribution in [0.25, 0.3) is 0 Å². The molecule has 2 heterocycles. The number of alkyl halides is 1. The van der Waals surface area contributed by atoms with Gasteiger partial charge in [-0.1, -0.05) is 0 Å². The number of hydrogen-bond donors (Lipinski definition) is 1. The SMILES string of the molecule is C[C@H](O)[C@@H]1C(=O)N2C(C(=S)OCc3ccc([N+](=O)[O-])cc3)=C(CCF)S[C@H]12. The van der Waals surface area contributed by atoms with Gasteiger partial charge in [0, 0.05) is 23.5 Å².